The third kappa shape index (κ3) is 1.69. The monoisotopic (exact) mass is 194 g/mol. The quantitative estimate of drug-likeness (QED) is 0.760. The highest BCUT2D eigenvalue weighted by molar-refractivity contribution is 5.48. The summed E-state index contributed by atoms with van der Waals surface area (Å²) in [6, 6.07) is 0. The lowest BCUT2D eigenvalue weighted by Gasteiger charge is -2.08. The molecule has 0 aliphatic rings. The van der Waals surface area contributed by atoms with Crippen LogP contribution in [0.5, 0.6) is 0 Å². The summed E-state index contributed by atoms with van der Waals surface area (Å²) in [7, 11) is 0. The van der Waals surface area contributed by atoms with Gasteiger partial charge in [-0.1, -0.05) is 6.08 Å². The number of nitrogens with zero attached hydrogens (tertiary/aromatic N) is 1. The van der Waals surface area contributed by atoms with Gasteiger partial charge in [-0.2, -0.15) is 0 Å². The highest BCUT2D eigenvalue weighted by Gasteiger charge is 2.06. The molecule has 14 heavy (non-hydrogen) atoms. The molecule has 1 aromatic heterocycles. The molecule has 1 N–H and O–H groups in total. The van der Waals surface area contributed by atoms with Crippen molar-refractivity contribution in [2.75, 3.05) is 0 Å². The van der Waals surface area contributed by atoms with Gasteiger partial charge < -0.3 is 0 Å². The molecule has 0 aliphatic carbocycles. The summed E-state index contributed by atoms with van der Waals surface area (Å²) in [5, 5.41) is 0. The van der Waals surface area contributed by atoms with Crippen molar-refractivity contribution in [2.45, 2.75) is 27.3 Å². The van der Waals surface area contributed by atoms with Crippen LogP contribution in [0, 0.1) is 6.92 Å². The van der Waals surface area contributed by atoms with Crippen molar-refractivity contribution < 1.29 is 0 Å². The number of hydrogen-bond acceptors (Lipinski definition) is 2. The first kappa shape index (κ1) is 10.5. The molecule has 0 radical (unpaired) electrons. The van der Waals surface area contributed by atoms with E-state index in [1.165, 1.54) is 4.57 Å². The third-order valence-corrected chi connectivity index (χ3v) is 2.12. The maximum Gasteiger partial charge on any atom is 0.328 e. The molecule has 0 fully saturated rings. The van der Waals surface area contributed by atoms with Crippen molar-refractivity contribution >= 4 is 6.08 Å². The molecule has 0 aromatic carbocycles. The average molecular weight is 194 g/mol. The van der Waals surface area contributed by atoms with E-state index in [1.807, 2.05) is 19.9 Å². The van der Waals surface area contributed by atoms with E-state index < -0.39 is 0 Å². The van der Waals surface area contributed by atoms with E-state index in [0.29, 0.717) is 17.8 Å². The zero-order valence-corrected chi connectivity index (χ0v) is 8.63. The third-order valence-electron chi connectivity index (χ3n) is 2.12. The summed E-state index contributed by atoms with van der Waals surface area (Å²) in [6.45, 7) is 5.98. The van der Waals surface area contributed by atoms with Gasteiger partial charge in [0.15, 0.2) is 0 Å². The Kier molecular flexibility index (Phi) is 3.06. The fourth-order valence-electron chi connectivity index (χ4n) is 1.37. The van der Waals surface area contributed by atoms with Gasteiger partial charge >= 0.3 is 5.69 Å². The van der Waals surface area contributed by atoms with Gasteiger partial charge in [-0.05, 0) is 26.8 Å². The van der Waals surface area contributed by atoms with Crippen LogP contribution in [0.1, 0.15) is 25.1 Å². The van der Waals surface area contributed by atoms with Crippen LogP contribution >= 0.6 is 0 Å². The molecule has 1 rings (SSSR count). The first-order valence-electron chi connectivity index (χ1n) is 4.58. The Morgan fingerprint density at radius 2 is 2.07 bits per heavy atom. The van der Waals surface area contributed by atoms with Gasteiger partial charge in [-0.25, -0.2) is 4.79 Å². The smallest absolute Gasteiger partial charge is 0.294 e. The van der Waals surface area contributed by atoms with Crippen LogP contribution < -0.4 is 11.2 Å². The standard InChI is InChI=1S/C10H14N2O2/c1-4-6-8-7(3)9(13)11-10(14)12(8)5-2/h4,6H,5H2,1-3H3,(H,11,13,14)/b6-4-. The number of aromatic amines is 1. The molecule has 0 amide bonds. The molecule has 0 atom stereocenters. The summed E-state index contributed by atoms with van der Waals surface area (Å²) in [6.07, 6.45) is 3.59. The van der Waals surface area contributed by atoms with Gasteiger partial charge in [0.2, 0.25) is 0 Å². The Morgan fingerprint density at radius 3 is 2.57 bits per heavy atom. The second kappa shape index (κ2) is 4.09. The molecule has 0 saturated carbocycles. The summed E-state index contributed by atoms with van der Waals surface area (Å²) >= 11 is 0. The molecule has 0 bridgehead atoms. The maximum atomic E-state index is 11.4. The van der Waals surface area contributed by atoms with Crippen LogP contribution in [0.25, 0.3) is 6.08 Å². The van der Waals surface area contributed by atoms with Crippen LogP contribution in [0.3, 0.4) is 0 Å². The highest BCUT2D eigenvalue weighted by atomic mass is 16.2. The first-order valence-corrected chi connectivity index (χ1v) is 4.58. The predicted molar refractivity (Wildman–Crippen MR) is 56.4 cm³/mol. The van der Waals surface area contributed by atoms with Gasteiger partial charge in [-0.15, -0.1) is 0 Å². The molecule has 0 spiro atoms. The molecule has 4 heteroatoms. The number of H-pyrrole nitrogens is 1. The molecular formula is C10H14N2O2. The van der Waals surface area contributed by atoms with Crippen molar-refractivity contribution in [3.05, 3.63) is 38.2 Å². The van der Waals surface area contributed by atoms with Gasteiger partial charge in [0.25, 0.3) is 5.56 Å². The van der Waals surface area contributed by atoms with Crippen molar-refractivity contribution in [2.24, 2.45) is 0 Å². The fraction of sp³-hybridized carbons (Fsp3) is 0.400. The van der Waals surface area contributed by atoms with Gasteiger partial charge in [0.1, 0.15) is 0 Å². The van der Waals surface area contributed by atoms with E-state index in [2.05, 4.69) is 4.98 Å². The Bertz CT molecular complexity index is 466. The predicted octanol–water partition coefficient (Wildman–Crippen LogP) is 0.898. The minimum absolute atomic E-state index is 0.312. The van der Waals surface area contributed by atoms with E-state index in [-0.39, 0.29) is 11.2 Å². The topological polar surface area (TPSA) is 54.9 Å². The lowest BCUT2D eigenvalue weighted by Crippen LogP contribution is -2.33. The Labute approximate surface area is 81.9 Å². The van der Waals surface area contributed by atoms with Crippen molar-refractivity contribution in [1.29, 1.82) is 0 Å². The zero-order chi connectivity index (χ0) is 10.7. The molecule has 1 heterocycles. The summed E-state index contributed by atoms with van der Waals surface area (Å²) in [5.74, 6) is 0. The summed E-state index contributed by atoms with van der Waals surface area (Å²) in [4.78, 5) is 25.0. The lowest BCUT2D eigenvalue weighted by molar-refractivity contribution is 0.679. The van der Waals surface area contributed by atoms with Gasteiger partial charge in [0.05, 0.1) is 5.69 Å². The molecule has 0 aliphatic heterocycles. The van der Waals surface area contributed by atoms with E-state index in [9.17, 15) is 9.59 Å². The number of hydrogen-bond donors (Lipinski definition) is 1. The normalized spacial score (nSPS) is 11.1. The maximum absolute atomic E-state index is 11.4. The summed E-state index contributed by atoms with van der Waals surface area (Å²) < 4.78 is 1.54. The SMILES string of the molecule is C/C=C\c1c(C)c(=O)[nH]c(=O)n1CC. The second-order valence-corrected chi connectivity index (χ2v) is 3.01. The average Bonchev–Trinajstić information content (AvgIpc) is 2.14. The Balaban J connectivity index is 3.65. The van der Waals surface area contributed by atoms with Crippen LogP contribution in [0.15, 0.2) is 15.7 Å². The Morgan fingerprint density at radius 1 is 1.43 bits per heavy atom. The lowest BCUT2D eigenvalue weighted by atomic mass is 10.2. The molecule has 0 unspecified atom stereocenters. The van der Waals surface area contributed by atoms with Crippen LogP contribution in [-0.4, -0.2) is 9.55 Å². The van der Waals surface area contributed by atoms with Crippen LogP contribution in [-0.2, 0) is 6.54 Å². The molecular weight excluding hydrogens is 180 g/mol. The molecule has 0 saturated heterocycles. The van der Waals surface area contributed by atoms with E-state index in [4.69, 9.17) is 0 Å². The largest absolute Gasteiger partial charge is 0.328 e. The minimum Gasteiger partial charge on any atom is -0.294 e. The van der Waals surface area contributed by atoms with Crippen molar-refractivity contribution in [1.82, 2.24) is 9.55 Å². The molecule has 4 nitrogen and oxygen atoms in total. The van der Waals surface area contributed by atoms with Crippen molar-refractivity contribution in [3.63, 3.8) is 0 Å². The number of nitrogens with one attached hydrogen (secondary N) is 1. The molecule has 1 aromatic rings. The van der Waals surface area contributed by atoms with Gasteiger partial charge in [0, 0.05) is 12.1 Å². The second-order valence-electron chi connectivity index (χ2n) is 3.01. The molecule has 76 valence electrons. The van der Waals surface area contributed by atoms with Gasteiger partial charge in [-0.3, -0.25) is 14.3 Å². The number of rotatable bonds is 2. The van der Waals surface area contributed by atoms with Crippen LogP contribution in [0.4, 0.5) is 0 Å². The van der Waals surface area contributed by atoms with Crippen LogP contribution in [0.2, 0.25) is 0 Å². The highest BCUT2D eigenvalue weighted by Crippen LogP contribution is 2.02. The first-order chi connectivity index (χ1) is 6.61. The fourth-order valence-corrected chi connectivity index (χ4v) is 1.37. The summed E-state index contributed by atoms with van der Waals surface area (Å²) in [5.41, 5.74) is 0.595. The van der Waals surface area contributed by atoms with E-state index in [0.717, 1.165) is 0 Å². The minimum atomic E-state index is -0.351. The number of aromatic nitrogens is 2. The van der Waals surface area contributed by atoms with E-state index >= 15 is 0 Å². The van der Waals surface area contributed by atoms with Crippen molar-refractivity contribution in [3.8, 4) is 0 Å². The Hall–Kier alpha value is -1.58. The number of allylic oxidation sites excluding steroid dienone is 1. The van der Waals surface area contributed by atoms with E-state index in [1.54, 1.807) is 13.0 Å². The zero-order valence-electron chi connectivity index (χ0n) is 8.63.